The van der Waals surface area contributed by atoms with Crippen molar-refractivity contribution in [3.8, 4) is 5.75 Å². The molecule has 1 aliphatic carbocycles. The molecule has 26 heavy (non-hydrogen) atoms. The zero-order valence-electron chi connectivity index (χ0n) is 15.8. The summed E-state index contributed by atoms with van der Waals surface area (Å²) in [5.74, 6) is 0.844. The maximum atomic E-state index is 12.9. The van der Waals surface area contributed by atoms with Gasteiger partial charge >= 0.3 is 0 Å². The molecule has 0 saturated carbocycles. The highest BCUT2D eigenvalue weighted by Gasteiger charge is 2.23. The molecule has 0 aliphatic heterocycles. The molecule has 6 heteroatoms. The van der Waals surface area contributed by atoms with Crippen LogP contribution in [0.15, 0.2) is 24.3 Å². The number of nitrogens with zero attached hydrogens (tertiary/aromatic N) is 2. The Kier molecular flexibility index (Phi) is 5.81. The van der Waals surface area contributed by atoms with Crippen molar-refractivity contribution in [3.05, 3.63) is 41.2 Å². The van der Waals surface area contributed by atoms with Gasteiger partial charge in [0.15, 0.2) is 0 Å². The van der Waals surface area contributed by atoms with E-state index in [4.69, 9.17) is 4.74 Å². The van der Waals surface area contributed by atoms with E-state index in [9.17, 15) is 4.79 Å². The van der Waals surface area contributed by atoms with Crippen molar-refractivity contribution < 1.29 is 9.53 Å². The maximum Gasteiger partial charge on any atom is 0.245 e. The van der Waals surface area contributed by atoms with E-state index in [1.807, 2.05) is 38.2 Å². The summed E-state index contributed by atoms with van der Waals surface area (Å²) in [6, 6.07) is 7.38. The van der Waals surface area contributed by atoms with Crippen LogP contribution < -0.4 is 10.1 Å². The number of aromatic nitrogens is 2. The largest absolute Gasteiger partial charge is 0.497 e. The van der Waals surface area contributed by atoms with E-state index in [-0.39, 0.29) is 11.9 Å². The van der Waals surface area contributed by atoms with Crippen LogP contribution in [0.4, 0.5) is 5.69 Å². The smallest absolute Gasteiger partial charge is 0.245 e. The van der Waals surface area contributed by atoms with Crippen LogP contribution in [-0.4, -0.2) is 41.2 Å². The lowest BCUT2D eigenvalue weighted by Crippen LogP contribution is -2.40. The van der Waals surface area contributed by atoms with Crippen molar-refractivity contribution in [3.63, 3.8) is 0 Å². The lowest BCUT2D eigenvalue weighted by atomic mass is 9.96. The molecule has 1 aromatic heterocycles. The minimum Gasteiger partial charge on any atom is -0.497 e. The Bertz CT molecular complexity index is 756. The average Bonchev–Trinajstić information content (AvgIpc) is 3.08. The molecule has 0 spiro atoms. The summed E-state index contributed by atoms with van der Waals surface area (Å²) in [7, 11) is 3.49. The van der Waals surface area contributed by atoms with Crippen molar-refractivity contribution in [2.75, 3.05) is 19.5 Å². The zero-order valence-corrected chi connectivity index (χ0v) is 15.8. The molecule has 6 nitrogen and oxygen atoms in total. The number of likely N-dealkylation sites (N-methyl/N-ethyl adjacent to an activating group) is 1. The molecule has 1 aliphatic rings. The normalized spacial score (nSPS) is 14.4. The third kappa shape index (κ3) is 4.00. The van der Waals surface area contributed by atoms with Gasteiger partial charge in [-0.05, 0) is 49.8 Å². The van der Waals surface area contributed by atoms with Crippen molar-refractivity contribution >= 4 is 11.6 Å². The molecule has 1 heterocycles. The summed E-state index contributed by atoms with van der Waals surface area (Å²) in [5.41, 5.74) is 4.44. The van der Waals surface area contributed by atoms with Gasteiger partial charge in [-0.25, -0.2) is 0 Å². The number of carbonyl (C=O) groups excluding carboxylic acids is 1. The molecule has 1 atom stereocenters. The second-order valence-corrected chi connectivity index (χ2v) is 6.87. The van der Waals surface area contributed by atoms with Gasteiger partial charge in [-0.3, -0.25) is 9.89 Å². The van der Waals surface area contributed by atoms with E-state index in [1.165, 1.54) is 24.1 Å². The Morgan fingerprint density at radius 3 is 2.96 bits per heavy atom. The Balaban J connectivity index is 1.66. The van der Waals surface area contributed by atoms with Crippen LogP contribution in [0, 0.1) is 0 Å². The first-order valence-corrected chi connectivity index (χ1v) is 9.33. The summed E-state index contributed by atoms with van der Waals surface area (Å²) in [5, 5.41) is 10.9. The minimum atomic E-state index is -0.276. The van der Waals surface area contributed by atoms with E-state index in [1.54, 1.807) is 12.0 Å². The van der Waals surface area contributed by atoms with Gasteiger partial charge in [0, 0.05) is 24.5 Å². The number of amides is 1. The monoisotopic (exact) mass is 356 g/mol. The highest BCUT2D eigenvalue weighted by molar-refractivity contribution is 5.84. The van der Waals surface area contributed by atoms with Crippen LogP contribution in [0.3, 0.4) is 0 Å². The highest BCUT2D eigenvalue weighted by Crippen LogP contribution is 2.23. The molecular formula is C20H28N4O2. The van der Waals surface area contributed by atoms with Crippen molar-refractivity contribution in [1.82, 2.24) is 15.1 Å². The molecule has 2 aromatic rings. The highest BCUT2D eigenvalue weighted by atomic mass is 16.5. The first-order chi connectivity index (χ1) is 12.6. The first kappa shape index (κ1) is 18.3. The first-order valence-electron chi connectivity index (χ1n) is 9.33. The lowest BCUT2D eigenvalue weighted by molar-refractivity contribution is -0.131. The molecule has 2 N–H and O–H groups in total. The summed E-state index contributed by atoms with van der Waals surface area (Å²) >= 11 is 0. The molecule has 0 unspecified atom stereocenters. The van der Waals surface area contributed by atoms with Crippen LogP contribution in [0.2, 0.25) is 0 Å². The summed E-state index contributed by atoms with van der Waals surface area (Å²) in [4.78, 5) is 14.7. The Morgan fingerprint density at radius 2 is 2.19 bits per heavy atom. The number of rotatable bonds is 7. The number of ether oxygens (including phenoxy) is 1. The number of nitrogens with one attached hydrogen (secondary N) is 2. The van der Waals surface area contributed by atoms with Crippen LogP contribution in [-0.2, 0) is 24.2 Å². The minimum absolute atomic E-state index is 0.0721. The second-order valence-electron chi connectivity index (χ2n) is 6.87. The van der Waals surface area contributed by atoms with E-state index >= 15 is 0 Å². The van der Waals surface area contributed by atoms with Gasteiger partial charge in [-0.1, -0.05) is 13.0 Å². The third-order valence-corrected chi connectivity index (χ3v) is 5.02. The Hall–Kier alpha value is -2.50. The molecular weight excluding hydrogens is 328 g/mol. The number of hydrogen-bond acceptors (Lipinski definition) is 4. The molecule has 140 valence electrons. The number of H-pyrrole nitrogens is 1. The van der Waals surface area contributed by atoms with Crippen molar-refractivity contribution in [1.29, 1.82) is 0 Å². The van der Waals surface area contributed by atoms with Gasteiger partial charge < -0.3 is 15.0 Å². The van der Waals surface area contributed by atoms with E-state index in [0.717, 1.165) is 30.0 Å². The van der Waals surface area contributed by atoms with Gasteiger partial charge in [0.2, 0.25) is 5.91 Å². The fourth-order valence-corrected chi connectivity index (χ4v) is 3.50. The molecule has 0 fully saturated rings. The number of aromatic amines is 1. The van der Waals surface area contributed by atoms with Gasteiger partial charge in [0.25, 0.3) is 0 Å². The standard InChI is InChI=1S/C20H28N4O2/c1-4-17(21-14-8-7-9-15(12-14)26-3)20(25)24(2)13-19-16-10-5-6-11-18(16)22-23-19/h7-9,12,17,21H,4-6,10-11,13H2,1-3H3,(H,22,23)/t17-/m0/s1. The van der Waals surface area contributed by atoms with Gasteiger partial charge in [-0.2, -0.15) is 5.10 Å². The topological polar surface area (TPSA) is 70.2 Å². The van der Waals surface area contributed by atoms with Crippen LogP contribution in [0.25, 0.3) is 0 Å². The number of aryl methyl sites for hydroxylation is 1. The molecule has 3 rings (SSSR count). The number of methoxy groups -OCH3 is 1. The number of benzene rings is 1. The molecule has 0 saturated heterocycles. The van der Waals surface area contributed by atoms with E-state index < -0.39 is 0 Å². The third-order valence-electron chi connectivity index (χ3n) is 5.02. The number of hydrogen-bond donors (Lipinski definition) is 2. The molecule has 1 aromatic carbocycles. The predicted molar refractivity (Wildman–Crippen MR) is 102 cm³/mol. The van der Waals surface area contributed by atoms with Gasteiger partial charge in [-0.15, -0.1) is 0 Å². The van der Waals surface area contributed by atoms with Crippen molar-refractivity contribution in [2.24, 2.45) is 0 Å². The molecule has 1 amide bonds. The Morgan fingerprint density at radius 1 is 1.38 bits per heavy atom. The Labute approximate surface area is 154 Å². The van der Waals surface area contributed by atoms with Crippen LogP contribution in [0.5, 0.6) is 5.75 Å². The fourth-order valence-electron chi connectivity index (χ4n) is 3.50. The maximum absolute atomic E-state index is 12.9. The quantitative estimate of drug-likeness (QED) is 0.799. The summed E-state index contributed by atoms with van der Waals surface area (Å²) in [6.07, 6.45) is 5.24. The van der Waals surface area contributed by atoms with E-state index in [0.29, 0.717) is 13.0 Å². The molecule has 0 bridgehead atoms. The summed E-state index contributed by atoms with van der Waals surface area (Å²) in [6.45, 7) is 2.56. The van der Waals surface area contributed by atoms with Gasteiger partial charge in [0.1, 0.15) is 11.8 Å². The molecule has 0 radical (unpaired) electrons. The zero-order chi connectivity index (χ0) is 18.5. The van der Waals surface area contributed by atoms with Crippen LogP contribution >= 0.6 is 0 Å². The summed E-state index contributed by atoms with van der Waals surface area (Å²) < 4.78 is 5.25. The van der Waals surface area contributed by atoms with Crippen molar-refractivity contribution in [2.45, 2.75) is 51.6 Å². The van der Waals surface area contributed by atoms with Crippen LogP contribution in [0.1, 0.15) is 43.1 Å². The fraction of sp³-hybridized carbons (Fsp3) is 0.500. The van der Waals surface area contributed by atoms with E-state index in [2.05, 4.69) is 15.5 Å². The average molecular weight is 356 g/mol. The predicted octanol–water partition coefficient (Wildman–Crippen LogP) is 3.15. The number of anilines is 1. The van der Waals surface area contributed by atoms with Gasteiger partial charge in [0.05, 0.1) is 19.3 Å². The number of carbonyl (C=O) groups is 1. The SMILES string of the molecule is CC[C@H](Nc1cccc(OC)c1)C(=O)N(C)Cc1n[nH]c2c1CCCC2. The second kappa shape index (κ2) is 8.25. The lowest BCUT2D eigenvalue weighted by Gasteiger charge is -2.24. The number of fused-ring (bicyclic) bond motifs is 1.